The van der Waals surface area contributed by atoms with Crippen molar-refractivity contribution in [2.75, 3.05) is 32.8 Å². The number of rotatable bonds is 8. The third kappa shape index (κ3) is 5.67. The molecule has 5 rings (SSSR count). The van der Waals surface area contributed by atoms with Crippen LogP contribution in [0.1, 0.15) is 27.7 Å². The molecule has 1 N–H and O–H groups in total. The lowest BCUT2D eigenvalue weighted by atomic mass is 10.1. The second kappa shape index (κ2) is 10.9. The largest absolute Gasteiger partial charge is 0.379 e. The maximum Gasteiger partial charge on any atom is 0.251 e. The maximum absolute atomic E-state index is 13.1. The zero-order valence-electron chi connectivity index (χ0n) is 19.0. The Kier molecular flexibility index (Phi) is 7.24. The van der Waals surface area contributed by atoms with Gasteiger partial charge >= 0.3 is 0 Å². The van der Waals surface area contributed by atoms with Gasteiger partial charge in [0.05, 0.1) is 24.9 Å². The van der Waals surface area contributed by atoms with Gasteiger partial charge in [-0.25, -0.2) is 4.98 Å². The summed E-state index contributed by atoms with van der Waals surface area (Å²) in [6.45, 7) is 4.02. The van der Waals surface area contributed by atoms with Gasteiger partial charge in [-0.05, 0) is 42.0 Å². The molecule has 0 saturated carbocycles. The fourth-order valence-corrected chi connectivity index (χ4v) is 4.90. The van der Waals surface area contributed by atoms with Crippen LogP contribution in [-0.2, 0) is 10.5 Å². The lowest BCUT2D eigenvalue weighted by Gasteiger charge is -2.31. The summed E-state index contributed by atoms with van der Waals surface area (Å²) in [5, 5.41) is 3.25. The predicted molar refractivity (Wildman–Crippen MR) is 135 cm³/mol. The first-order valence-electron chi connectivity index (χ1n) is 11.6. The van der Waals surface area contributed by atoms with E-state index < -0.39 is 0 Å². The molecule has 1 atom stereocenters. The van der Waals surface area contributed by atoms with E-state index in [4.69, 9.17) is 4.74 Å². The number of morpholine rings is 1. The molecule has 1 fully saturated rings. The standard InChI is InChI=1S/C27H28N4O2S/c32-27(29-25(21-6-2-1-3-7-21)19-30-14-16-33-17-15-30)22-9-11-24(12-10-22)34-20-23-18-31-13-5-4-8-26(31)28-23/h1-13,18,25H,14-17,19-20H2,(H,29,32). The Morgan fingerprint density at radius 1 is 1.00 bits per heavy atom. The van der Waals surface area contributed by atoms with Gasteiger partial charge in [0.2, 0.25) is 0 Å². The van der Waals surface area contributed by atoms with Gasteiger partial charge in [-0.15, -0.1) is 11.8 Å². The highest BCUT2D eigenvalue weighted by Gasteiger charge is 2.20. The highest BCUT2D eigenvalue weighted by atomic mass is 32.2. The number of ether oxygens (including phenoxy) is 1. The highest BCUT2D eigenvalue weighted by Crippen LogP contribution is 2.23. The summed E-state index contributed by atoms with van der Waals surface area (Å²) < 4.78 is 7.51. The van der Waals surface area contributed by atoms with Crippen LogP contribution in [0.15, 0.2) is 90.1 Å². The number of carbonyl (C=O) groups excluding carboxylic acids is 1. The molecule has 0 radical (unpaired) electrons. The molecule has 174 valence electrons. The summed E-state index contributed by atoms with van der Waals surface area (Å²) in [5.41, 5.74) is 3.77. The number of nitrogens with zero attached hydrogens (tertiary/aromatic N) is 3. The molecule has 2 aromatic heterocycles. The van der Waals surface area contributed by atoms with Crippen molar-refractivity contribution in [3.63, 3.8) is 0 Å². The normalized spacial score (nSPS) is 15.3. The number of imidazole rings is 1. The fourth-order valence-electron chi connectivity index (χ4n) is 4.12. The minimum absolute atomic E-state index is 0.0565. The quantitative estimate of drug-likeness (QED) is 0.385. The van der Waals surface area contributed by atoms with Crippen molar-refractivity contribution in [2.24, 2.45) is 0 Å². The van der Waals surface area contributed by atoms with Crippen molar-refractivity contribution in [1.82, 2.24) is 19.6 Å². The van der Waals surface area contributed by atoms with Crippen LogP contribution in [-0.4, -0.2) is 53.0 Å². The zero-order valence-corrected chi connectivity index (χ0v) is 19.8. The van der Waals surface area contributed by atoms with E-state index in [0.29, 0.717) is 5.56 Å². The molecule has 4 aromatic rings. The number of hydrogen-bond acceptors (Lipinski definition) is 5. The fraction of sp³-hybridized carbons (Fsp3) is 0.259. The van der Waals surface area contributed by atoms with Crippen molar-refractivity contribution in [3.8, 4) is 0 Å². The Balaban J connectivity index is 1.22. The molecule has 34 heavy (non-hydrogen) atoms. The van der Waals surface area contributed by atoms with Crippen LogP contribution in [0.5, 0.6) is 0 Å². The van der Waals surface area contributed by atoms with Gasteiger partial charge in [-0.1, -0.05) is 36.4 Å². The van der Waals surface area contributed by atoms with Crippen molar-refractivity contribution in [2.45, 2.75) is 16.7 Å². The van der Waals surface area contributed by atoms with E-state index in [9.17, 15) is 4.79 Å². The first kappa shape index (κ1) is 22.7. The van der Waals surface area contributed by atoms with Gasteiger partial charge < -0.3 is 14.5 Å². The number of benzene rings is 2. The topological polar surface area (TPSA) is 58.9 Å². The van der Waals surface area contributed by atoms with Crippen molar-refractivity contribution in [1.29, 1.82) is 0 Å². The van der Waals surface area contributed by atoms with Crippen LogP contribution in [0.4, 0.5) is 0 Å². The van der Waals surface area contributed by atoms with Crippen LogP contribution >= 0.6 is 11.8 Å². The predicted octanol–water partition coefficient (Wildman–Crippen LogP) is 4.43. The lowest BCUT2D eigenvalue weighted by molar-refractivity contribution is 0.0332. The molecule has 1 unspecified atom stereocenters. The van der Waals surface area contributed by atoms with Crippen molar-refractivity contribution < 1.29 is 9.53 Å². The number of hydrogen-bond donors (Lipinski definition) is 1. The van der Waals surface area contributed by atoms with E-state index in [1.54, 1.807) is 11.8 Å². The summed E-state index contributed by atoms with van der Waals surface area (Å²) >= 11 is 1.72. The zero-order chi connectivity index (χ0) is 23.2. The van der Waals surface area contributed by atoms with Gasteiger partial charge in [0.1, 0.15) is 5.65 Å². The third-order valence-electron chi connectivity index (χ3n) is 5.97. The molecule has 2 aromatic carbocycles. The van der Waals surface area contributed by atoms with Crippen molar-refractivity contribution >= 4 is 23.3 Å². The molecule has 1 saturated heterocycles. The van der Waals surface area contributed by atoms with Crippen LogP contribution in [0.25, 0.3) is 5.65 Å². The van der Waals surface area contributed by atoms with E-state index in [1.165, 1.54) is 0 Å². The van der Waals surface area contributed by atoms with E-state index in [2.05, 4.69) is 33.5 Å². The van der Waals surface area contributed by atoms with Gasteiger partial charge in [0.25, 0.3) is 5.91 Å². The minimum Gasteiger partial charge on any atom is -0.379 e. The molecule has 3 heterocycles. The van der Waals surface area contributed by atoms with E-state index >= 15 is 0 Å². The monoisotopic (exact) mass is 472 g/mol. The number of fused-ring (bicyclic) bond motifs is 1. The summed E-state index contributed by atoms with van der Waals surface area (Å²) in [5.74, 6) is 0.724. The lowest BCUT2D eigenvalue weighted by Crippen LogP contribution is -2.43. The summed E-state index contributed by atoms with van der Waals surface area (Å²) in [6, 6.07) is 23.9. The first-order valence-corrected chi connectivity index (χ1v) is 12.5. The second-order valence-corrected chi connectivity index (χ2v) is 9.41. The maximum atomic E-state index is 13.1. The Hall–Kier alpha value is -3.13. The van der Waals surface area contributed by atoms with Gasteiger partial charge in [0, 0.05) is 48.2 Å². The third-order valence-corrected chi connectivity index (χ3v) is 7.01. The highest BCUT2D eigenvalue weighted by molar-refractivity contribution is 7.98. The number of pyridine rings is 1. The molecule has 0 bridgehead atoms. The Morgan fingerprint density at radius 2 is 1.76 bits per heavy atom. The summed E-state index contributed by atoms with van der Waals surface area (Å²) in [7, 11) is 0. The molecule has 1 aliphatic rings. The van der Waals surface area contributed by atoms with Crippen LogP contribution in [0.2, 0.25) is 0 Å². The molecule has 1 amide bonds. The van der Waals surface area contributed by atoms with E-state index in [-0.39, 0.29) is 11.9 Å². The molecular formula is C27H28N4O2S. The number of carbonyl (C=O) groups is 1. The number of thioether (sulfide) groups is 1. The second-order valence-electron chi connectivity index (χ2n) is 8.36. The smallest absolute Gasteiger partial charge is 0.251 e. The van der Waals surface area contributed by atoms with Crippen LogP contribution < -0.4 is 5.32 Å². The van der Waals surface area contributed by atoms with Crippen LogP contribution in [0, 0.1) is 0 Å². The Morgan fingerprint density at radius 3 is 2.53 bits per heavy atom. The molecule has 0 spiro atoms. The molecular weight excluding hydrogens is 444 g/mol. The average Bonchev–Trinajstić information content (AvgIpc) is 3.32. The Bertz CT molecular complexity index is 1190. The van der Waals surface area contributed by atoms with Gasteiger partial charge in [-0.2, -0.15) is 0 Å². The minimum atomic E-state index is -0.0732. The van der Waals surface area contributed by atoms with Crippen LogP contribution in [0.3, 0.4) is 0 Å². The van der Waals surface area contributed by atoms with Gasteiger partial charge in [0.15, 0.2) is 0 Å². The molecule has 0 aliphatic carbocycles. The van der Waals surface area contributed by atoms with Gasteiger partial charge in [-0.3, -0.25) is 9.69 Å². The number of amides is 1. The van der Waals surface area contributed by atoms with E-state index in [1.807, 2.05) is 71.3 Å². The summed E-state index contributed by atoms with van der Waals surface area (Å²) in [6.07, 6.45) is 4.06. The van der Waals surface area contributed by atoms with Crippen molar-refractivity contribution in [3.05, 3.63) is 102 Å². The molecule has 7 heteroatoms. The SMILES string of the molecule is O=C(NC(CN1CCOCC1)c1ccccc1)c1ccc(SCc2cn3ccccc3n2)cc1. The Labute approximate surface area is 204 Å². The average molecular weight is 473 g/mol. The van der Waals surface area contributed by atoms with E-state index in [0.717, 1.165) is 60.4 Å². The first-order chi connectivity index (χ1) is 16.7. The number of aromatic nitrogens is 2. The molecule has 6 nitrogen and oxygen atoms in total. The number of nitrogens with one attached hydrogen (secondary N) is 1. The molecule has 1 aliphatic heterocycles. The summed E-state index contributed by atoms with van der Waals surface area (Å²) in [4.78, 5) is 21.2.